The zero-order valence-electron chi connectivity index (χ0n) is 7.90. The average Bonchev–Trinajstić information content (AvgIpc) is 2.68. The number of rotatable bonds is 2. The van der Waals surface area contributed by atoms with Gasteiger partial charge in [0.05, 0.1) is 12.5 Å². The standard InChI is InChI=1S/C12H8FNS/c13-12-4-2-1-3-11(12)9-7-10(5-6-14)15-8-9/h1-4,7-8H,5H2. The van der Waals surface area contributed by atoms with Gasteiger partial charge in [-0.2, -0.15) is 5.26 Å². The van der Waals surface area contributed by atoms with E-state index in [1.807, 2.05) is 11.4 Å². The van der Waals surface area contributed by atoms with Crippen LogP contribution >= 0.6 is 11.3 Å². The summed E-state index contributed by atoms with van der Waals surface area (Å²) in [7, 11) is 0. The second-order valence-corrected chi connectivity index (χ2v) is 4.11. The van der Waals surface area contributed by atoms with Gasteiger partial charge in [-0.05, 0) is 23.1 Å². The molecular weight excluding hydrogens is 209 g/mol. The molecule has 0 radical (unpaired) electrons. The van der Waals surface area contributed by atoms with Gasteiger partial charge >= 0.3 is 0 Å². The molecule has 0 atom stereocenters. The van der Waals surface area contributed by atoms with Crippen LogP contribution in [-0.4, -0.2) is 0 Å². The summed E-state index contributed by atoms with van der Waals surface area (Å²) in [4.78, 5) is 0.968. The molecule has 1 aromatic heterocycles. The molecule has 2 aromatic rings. The van der Waals surface area contributed by atoms with Crippen LogP contribution in [0.15, 0.2) is 35.7 Å². The molecule has 0 aliphatic carbocycles. The van der Waals surface area contributed by atoms with Crippen molar-refractivity contribution in [2.24, 2.45) is 0 Å². The van der Waals surface area contributed by atoms with E-state index in [9.17, 15) is 4.39 Å². The van der Waals surface area contributed by atoms with Crippen LogP contribution in [-0.2, 0) is 6.42 Å². The third-order valence-corrected chi connectivity index (χ3v) is 3.03. The number of nitrogens with zero attached hydrogens (tertiary/aromatic N) is 1. The predicted octanol–water partition coefficient (Wildman–Crippen LogP) is 3.62. The summed E-state index contributed by atoms with van der Waals surface area (Å²) in [5.74, 6) is -0.223. The van der Waals surface area contributed by atoms with E-state index < -0.39 is 0 Å². The fraction of sp³-hybridized carbons (Fsp3) is 0.0833. The summed E-state index contributed by atoms with van der Waals surface area (Å²) >= 11 is 1.49. The lowest BCUT2D eigenvalue weighted by atomic mass is 10.1. The number of halogens is 1. The van der Waals surface area contributed by atoms with Crippen molar-refractivity contribution in [2.45, 2.75) is 6.42 Å². The first-order valence-electron chi connectivity index (χ1n) is 4.50. The van der Waals surface area contributed by atoms with Gasteiger partial charge in [0, 0.05) is 10.4 Å². The number of benzene rings is 1. The lowest BCUT2D eigenvalue weighted by molar-refractivity contribution is 0.631. The molecule has 0 saturated carbocycles. The number of hydrogen-bond donors (Lipinski definition) is 0. The van der Waals surface area contributed by atoms with Gasteiger partial charge in [-0.25, -0.2) is 4.39 Å². The summed E-state index contributed by atoms with van der Waals surface area (Å²) in [6.07, 6.45) is 0.388. The molecule has 15 heavy (non-hydrogen) atoms. The molecule has 1 nitrogen and oxygen atoms in total. The first-order valence-corrected chi connectivity index (χ1v) is 5.38. The third kappa shape index (κ3) is 2.05. The van der Waals surface area contributed by atoms with E-state index in [0.717, 1.165) is 10.4 Å². The van der Waals surface area contributed by atoms with E-state index in [0.29, 0.717) is 12.0 Å². The lowest BCUT2D eigenvalue weighted by Crippen LogP contribution is -1.80. The van der Waals surface area contributed by atoms with E-state index in [-0.39, 0.29) is 5.82 Å². The molecule has 0 unspecified atom stereocenters. The second-order valence-electron chi connectivity index (χ2n) is 3.12. The molecule has 0 aliphatic heterocycles. The largest absolute Gasteiger partial charge is 0.206 e. The Kier molecular flexibility index (Phi) is 2.79. The van der Waals surface area contributed by atoms with Gasteiger partial charge in [-0.15, -0.1) is 11.3 Å². The van der Waals surface area contributed by atoms with Crippen LogP contribution in [0.5, 0.6) is 0 Å². The van der Waals surface area contributed by atoms with E-state index in [1.165, 1.54) is 17.4 Å². The van der Waals surface area contributed by atoms with E-state index in [2.05, 4.69) is 6.07 Å². The highest BCUT2D eigenvalue weighted by molar-refractivity contribution is 7.10. The molecule has 0 N–H and O–H groups in total. The SMILES string of the molecule is N#CCc1cc(-c2ccccc2F)cs1. The van der Waals surface area contributed by atoms with Crippen molar-refractivity contribution in [1.29, 1.82) is 5.26 Å². The van der Waals surface area contributed by atoms with Gasteiger partial charge in [0.15, 0.2) is 0 Å². The fourth-order valence-corrected chi connectivity index (χ4v) is 2.20. The Hall–Kier alpha value is -1.66. The van der Waals surface area contributed by atoms with E-state index in [4.69, 9.17) is 5.26 Å². The van der Waals surface area contributed by atoms with Gasteiger partial charge in [0.1, 0.15) is 5.82 Å². The van der Waals surface area contributed by atoms with Crippen molar-refractivity contribution < 1.29 is 4.39 Å². The van der Waals surface area contributed by atoms with Crippen molar-refractivity contribution >= 4 is 11.3 Å². The molecule has 2 rings (SSSR count). The summed E-state index contributed by atoms with van der Waals surface area (Å²) in [5.41, 5.74) is 1.45. The molecule has 0 saturated heterocycles. The van der Waals surface area contributed by atoms with E-state index in [1.54, 1.807) is 18.2 Å². The first-order chi connectivity index (χ1) is 7.31. The van der Waals surface area contributed by atoms with Crippen LogP contribution in [0.1, 0.15) is 4.88 Å². The molecule has 3 heteroatoms. The van der Waals surface area contributed by atoms with Gasteiger partial charge in [-0.1, -0.05) is 18.2 Å². The minimum absolute atomic E-state index is 0.223. The Morgan fingerprint density at radius 3 is 2.87 bits per heavy atom. The normalized spacial score (nSPS) is 9.87. The Bertz CT molecular complexity index is 510. The maximum Gasteiger partial charge on any atom is 0.131 e. The Balaban J connectivity index is 2.38. The summed E-state index contributed by atoms with van der Waals surface area (Å²) in [6.45, 7) is 0. The van der Waals surface area contributed by atoms with Gasteiger partial charge in [-0.3, -0.25) is 0 Å². The molecule has 1 heterocycles. The number of hydrogen-bond acceptors (Lipinski definition) is 2. The second kappa shape index (κ2) is 4.24. The summed E-state index contributed by atoms with van der Waals surface area (Å²) in [5, 5.41) is 10.4. The number of nitriles is 1. The van der Waals surface area contributed by atoms with Crippen molar-refractivity contribution in [3.05, 3.63) is 46.4 Å². The maximum atomic E-state index is 13.4. The van der Waals surface area contributed by atoms with Crippen LogP contribution in [0.25, 0.3) is 11.1 Å². The molecule has 0 amide bonds. The third-order valence-electron chi connectivity index (χ3n) is 2.09. The molecular formula is C12H8FNS. The van der Waals surface area contributed by atoms with Crippen molar-refractivity contribution in [2.75, 3.05) is 0 Å². The Morgan fingerprint density at radius 2 is 2.13 bits per heavy atom. The first kappa shape index (κ1) is 9.88. The maximum absolute atomic E-state index is 13.4. The zero-order valence-corrected chi connectivity index (χ0v) is 8.72. The highest BCUT2D eigenvalue weighted by atomic mass is 32.1. The number of thiophene rings is 1. The van der Waals surface area contributed by atoms with Crippen LogP contribution in [0.4, 0.5) is 4.39 Å². The van der Waals surface area contributed by atoms with Crippen LogP contribution in [0, 0.1) is 17.1 Å². The molecule has 1 aromatic carbocycles. The lowest BCUT2D eigenvalue weighted by Gasteiger charge is -1.98. The zero-order chi connectivity index (χ0) is 10.7. The molecule has 0 aliphatic rings. The van der Waals surface area contributed by atoms with Crippen LogP contribution in [0.3, 0.4) is 0 Å². The molecule has 0 spiro atoms. The molecule has 0 bridgehead atoms. The topological polar surface area (TPSA) is 23.8 Å². The summed E-state index contributed by atoms with van der Waals surface area (Å²) in [6, 6.07) is 10.6. The Morgan fingerprint density at radius 1 is 1.33 bits per heavy atom. The van der Waals surface area contributed by atoms with Crippen LogP contribution in [0.2, 0.25) is 0 Å². The monoisotopic (exact) mass is 217 g/mol. The van der Waals surface area contributed by atoms with Gasteiger partial charge < -0.3 is 0 Å². The fourth-order valence-electron chi connectivity index (χ4n) is 1.39. The van der Waals surface area contributed by atoms with E-state index >= 15 is 0 Å². The highest BCUT2D eigenvalue weighted by Crippen LogP contribution is 2.27. The van der Waals surface area contributed by atoms with Crippen molar-refractivity contribution in [3.8, 4) is 17.2 Å². The van der Waals surface area contributed by atoms with Crippen LogP contribution < -0.4 is 0 Å². The average molecular weight is 217 g/mol. The quantitative estimate of drug-likeness (QED) is 0.753. The van der Waals surface area contributed by atoms with Crippen molar-refractivity contribution in [3.63, 3.8) is 0 Å². The minimum Gasteiger partial charge on any atom is -0.206 e. The molecule has 74 valence electrons. The van der Waals surface area contributed by atoms with Crippen molar-refractivity contribution in [1.82, 2.24) is 0 Å². The minimum atomic E-state index is -0.223. The smallest absolute Gasteiger partial charge is 0.131 e. The predicted molar refractivity (Wildman–Crippen MR) is 59.0 cm³/mol. The summed E-state index contributed by atoms with van der Waals surface area (Å²) < 4.78 is 13.4. The Labute approximate surface area is 91.4 Å². The van der Waals surface area contributed by atoms with Gasteiger partial charge in [0.2, 0.25) is 0 Å². The highest BCUT2D eigenvalue weighted by Gasteiger charge is 2.06. The molecule has 0 fully saturated rings. The van der Waals surface area contributed by atoms with Gasteiger partial charge in [0.25, 0.3) is 0 Å².